The first-order valence-corrected chi connectivity index (χ1v) is 5.26. The summed E-state index contributed by atoms with van der Waals surface area (Å²) < 4.78 is 0. The van der Waals surface area contributed by atoms with Crippen LogP contribution in [0.3, 0.4) is 0 Å². The second kappa shape index (κ2) is 4.03. The molecule has 0 amide bonds. The minimum atomic E-state index is -0.717. The average molecular weight is 205 g/mol. The fourth-order valence-corrected chi connectivity index (χ4v) is 2.17. The molecular formula is C12H15NO2. The van der Waals surface area contributed by atoms with Crippen LogP contribution in [-0.2, 0) is 17.9 Å². The molecule has 15 heavy (non-hydrogen) atoms. The molecule has 1 aromatic rings. The number of fused-ring (bicyclic) bond motifs is 1. The van der Waals surface area contributed by atoms with Gasteiger partial charge in [-0.2, -0.15) is 0 Å². The number of hydrogen-bond acceptors (Lipinski definition) is 2. The van der Waals surface area contributed by atoms with E-state index < -0.39 is 5.97 Å². The molecule has 0 aliphatic carbocycles. The van der Waals surface area contributed by atoms with E-state index in [4.69, 9.17) is 5.11 Å². The molecule has 0 fully saturated rings. The molecule has 0 bridgehead atoms. The molecule has 80 valence electrons. The number of hydrogen-bond donors (Lipinski definition) is 1. The Hall–Kier alpha value is -1.35. The summed E-state index contributed by atoms with van der Waals surface area (Å²) in [7, 11) is 0. The lowest BCUT2D eigenvalue weighted by Crippen LogP contribution is -2.36. The summed E-state index contributed by atoms with van der Waals surface area (Å²) in [6, 6.07) is 7.81. The van der Waals surface area contributed by atoms with E-state index in [1.165, 1.54) is 11.1 Å². The molecule has 2 rings (SSSR count). The maximum absolute atomic E-state index is 11.0. The predicted molar refractivity (Wildman–Crippen MR) is 57.4 cm³/mol. The normalized spacial score (nSPS) is 17.4. The van der Waals surface area contributed by atoms with Gasteiger partial charge in [-0.05, 0) is 17.5 Å². The van der Waals surface area contributed by atoms with Crippen molar-refractivity contribution >= 4 is 5.97 Å². The van der Waals surface area contributed by atoms with Crippen LogP contribution in [0.1, 0.15) is 24.5 Å². The van der Waals surface area contributed by atoms with Gasteiger partial charge in [0.05, 0.1) is 0 Å². The van der Waals surface area contributed by atoms with Crippen LogP contribution in [0.25, 0.3) is 0 Å². The summed E-state index contributed by atoms with van der Waals surface area (Å²) in [4.78, 5) is 13.0. The second-order valence-electron chi connectivity index (χ2n) is 3.94. The Kier molecular flexibility index (Phi) is 2.73. The third kappa shape index (κ3) is 1.88. The molecule has 0 saturated heterocycles. The zero-order valence-corrected chi connectivity index (χ0v) is 8.81. The van der Waals surface area contributed by atoms with E-state index in [1.54, 1.807) is 0 Å². The molecule has 1 heterocycles. The van der Waals surface area contributed by atoms with Gasteiger partial charge in [-0.3, -0.25) is 9.69 Å². The van der Waals surface area contributed by atoms with Crippen molar-refractivity contribution in [3.63, 3.8) is 0 Å². The van der Waals surface area contributed by atoms with Crippen LogP contribution < -0.4 is 0 Å². The van der Waals surface area contributed by atoms with E-state index in [-0.39, 0.29) is 6.04 Å². The van der Waals surface area contributed by atoms with Gasteiger partial charge >= 0.3 is 5.97 Å². The van der Waals surface area contributed by atoms with Gasteiger partial charge in [0.2, 0.25) is 0 Å². The van der Waals surface area contributed by atoms with Crippen LogP contribution in [0.2, 0.25) is 0 Å². The molecule has 0 spiro atoms. The van der Waals surface area contributed by atoms with Crippen LogP contribution in [0, 0.1) is 0 Å². The van der Waals surface area contributed by atoms with Crippen LogP contribution in [0.15, 0.2) is 24.3 Å². The number of nitrogens with zero attached hydrogens (tertiary/aromatic N) is 1. The molecular weight excluding hydrogens is 190 g/mol. The third-order valence-corrected chi connectivity index (χ3v) is 2.98. The second-order valence-corrected chi connectivity index (χ2v) is 3.94. The van der Waals surface area contributed by atoms with Crippen molar-refractivity contribution in [2.24, 2.45) is 0 Å². The van der Waals surface area contributed by atoms with E-state index in [0.29, 0.717) is 6.42 Å². The summed E-state index contributed by atoms with van der Waals surface area (Å²) in [5, 5.41) is 9.07. The van der Waals surface area contributed by atoms with Crippen molar-refractivity contribution < 1.29 is 9.90 Å². The Morgan fingerprint density at radius 1 is 1.40 bits per heavy atom. The van der Waals surface area contributed by atoms with Crippen molar-refractivity contribution in [2.75, 3.05) is 0 Å². The Morgan fingerprint density at radius 3 is 2.33 bits per heavy atom. The number of carboxylic acids is 1. The van der Waals surface area contributed by atoms with Crippen LogP contribution >= 0.6 is 0 Å². The number of rotatable bonds is 3. The third-order valence-electron chi connectivity index (χ3n) is 2.98. The Labute approximate surface area is 89.3 Å². The van der Waals surface area contributed by atoms with Gasteiger partial charge in [0.1, 0.15) is 6.04 Å². The van der Waals surface area contributed by atoms with Crippen molar-refractivity contribution in [1.82, 2.24) is 4.90 Å². The standard InChI is InChI=1S/C12H15NO2/c1-2-11(12(14)15)13-7-9-5-3-4-6-10(9)8-13/h3-6,11H,2,7-8H2,1H3,(H,14,15)/t11-/m0/s1. The Morgan fingerprint density at radius 2 is 1.93 bits per heavy atom. The van der Waals surface area contributed by atoms with Gasteiger partial charge in [0.25, 0.3) is 0 Å². The summed E-state index contributed by atoms with van der Waals surface area (Å²) in [6.45, 7) is 3.45. The minimum absolute atomic E-state index is 0.350. The lowest BCUT2D eigenvalue weighted by molar-refractivity contribution is -0.143. The van der Waals surface area contributed by atoms with E-state index in [1.807, 2.05) is 24.0 Å². The molecule has 1 aliphatic heterocycles. The molecule has 1 aliphatic rings. The lowest BCUT2D eigenvalue weighted by atomic mass is 10.1. The van der Waals surface area contributed by atoms with Gasteiger partial charge < -0.3 is 5.11 Å². The van der Waals surface area contributed by atoms with E-state index in [9.17, 15) is 4.79 Å². The largest absolute Gasteiger partial charge is 0.480 e. The monoisotopic (exact) mass is 205 g/mol. The van der Waals surface area contributed by atoms with E-state index >= 15 is 0 Å². The summed E-state index contributed by atoms with van der Waals surface area (Å²) >= 11 is 0. The van der Waals surface area contributed by atoms with E-state index in [0.717, 1.165) is 13.1 Å². The highest BCUT2D eigenvalue weighted by atomic mass is 16.4. The fraction of sp³-hybridized carbons (Fsp3) is 0.417. The van der Waals surface area contributed by atoms with Crippen molar-refractivity contribution in [2.45, 2.75) is 32.5 Å². The Bertz CT molecular complexity index is 351. The predicted octanol–water partition coefficient (Wildman–Crippen LogP) is 1.87. The first-order chi connectivity index (χ1) is 7.22. The maximum atomic E-state index is 11.0. The number of carboxylic acid groups (broad SMARTS) is 1. The highest BCUT2D eigenvalue weighted by Gasteiger charge is 2.28. The van der Waals surface area contributed by atoms with Crippen molar-refractivity contribution in [3.8, 4) is 0 Å². The average Bonchev–Trinajstić information content (AvgIpc) is 2.61. The fourth-order valence-electron chi connectivity index (χ4n) is 2.17. The lowest BCUT2D eigenvalue weighted by Gasteiger charge is -2.22. The molecule has 0 radical (unpaired) electrons. The smallest absolute Gasteiger partial charge is 0.320 e. The highest BCUT2D eigenvalue weighted by Crippen LogP contribution is 2.25. The van der Waals surface area contributed by atoms with Gasteiger partial charge in [0, 0.05) is 13.1 Å². The number of carbonyl (C=O) groups is 1. The van der Waals surface area contributed by atoms with Gasteiger partial charge in [-0.15, -0.1) is 0 Å². The summed E-state index contributed by atoms with van der Waals surface area (Å²) in [5.41, 5.74) is 2.52. The molecule has 1 aromatic carbocycles. The first kappa shape index (κ1) is 10.2. The SMILES string of the molecule is CC[C@@H](C(=O)O)N1Cc2ccccc2C1. The van der Waals surface area contributed by atoms with E-state index in [2.05, 4.69) is 12.1 Å². The van der Waals surface area contributed by atoms with Gasteiger partial charge in [-0.25, -0.2) is 0 Å². The van der Waals surface area contributed by atoms with Crippen molar-refractivity contribution in [1.29, 1.82) is 0 Å². The molecule has 3 nitrogen and oxygen atoms in total. The molecule has 3 heteroatoms. The van der Waals surface area contributed by atoms with Gasteiger partial charge in [-0.1, -0.05) is 31.2 Å². The molecule has 1 N–H and O–H groups in total. The van der Waals surface area contributed by atoms with Crippen LogP contribution in [-0.4, -0.2) is 22.0 Å². The molecule has 1 atom stereocenters. The van der Waals surface area contributed by atoms with Crippen LogP contribution in [0.4, 0.5) is 0 Å². The number of aliphatic carboxylic acids is 1. The topological polar surface area (TPSA) is 40.5 Å². The zero-order chi connectivity index (χ0) is 10.8. The van der Waals surface area contributed by atoms with Gasteiger partial charge in [0.15, 0.2) is 0 Å². The molecule has 0 saturated carbocycles. The summed E-state index contributed by atoms with van der Waals surface area (Å²) in [5.74, 6) is -0.717. The molecule has 0 aromatic heterocycles. The highest BCUT2D eigenvalue weighted by molar-refractivity contribution is 5.73. The minimum Gasteiger partial charge on any atom is -0.480 e. The zero-order valence-electron chi connectivity index (χ0n) is 8.81. The number of benzene rings is 1. The van der Waals surface area contributed by atoms with Crippen molar-refractivity contribution in [3.05, 3.63) is 35.4 Å². The maximum Gasteiger partial charge on any atom is 0.320 e. The quantitative estimate of drug-likeness (QED) is 0.818. The summed E-state index contributed by atoms with van der Waals surface area (Å²) in [6.07, 6.45) is 0.656. The van der Waals surface area contributed by atoms with Crippen LogP contribution in [0.5, 0.6) is 0 Å². The Balaban J connectivity index is 2.15. The molecule has 0 unspecified atom stereocenters. The first-order valence-electron chi connectivity index (χ1n) is 5.26.